The predicted molar refractivity (Wildman–Crippen MR) is 110 cm³/mol. The van der Waals surface area contributed by atoms with Crippen LogP contribution in [0.25, 0.3) is 5.69 Å². The van der Waals surface area contributed by atoms with E-state index in [-0.39, 0.29) is 11.8 Å². The zero-order valence-corrected chi connectivity index (χ0v) is 16.9. The van der Waals surface area contributed by atoms with Crippen LogP contribution in [0.1, 0.15) is 38.2 Å². The summed E-state index contributed by atoms with van der Waals surface area (Å²) in [7, 11) is 0. The van der Waals surface area contributed by atoms with Gasteiger partial charge in [0, 0.05) is 31.0 Å². The van der Waals surface area contributed by atoms with Gasteiger partial charge >= 0.3 is 0 Å². The largest absolute Gasteiger partial charge is 0.491 e. The monoisotopic (exact) mass is 414 g/mol. The van der Waals surface area contributed by atoms with E-state index in [0.29, 0.717) is 11.9 Å². The van der Waals surface area contributed by atoms with Gasteiger partial charge in [0.2, 0.25) is 5.95 Å². The number of nitrogens with zero attached hydrogens (tertiary/aromatic N) is 3. The first-order valence-corrected chi connectivity index (χ1v) is 10.0. The van der Waals surface area contributed by atoms with Crippen LogP contribution in [0.4, 0.5) is 20.4 Å². The van der Waals surface area contributed by atoms with Gasteiger partial charge in [0.05, 0.1) is 11.8 Å². The minimum absolute atomic E-state index is 0.0408. The lowest BCUT2D eigenvalue weighted by Crippen LogP contribution is -2.16. The Morgan fingerprint density at radius 3 is 2.53 bits per heavy atom. The highest BCUT2D eigenvalue weighted by atomic mass is 19.1. The summed E-state index contributed by atoms with van der Waals surface area (Å²) in [6.07, 6.45) is 3.38. The van der Waals surface area contributed by atoms with E-state index in [9.17, 15) is 8.78 Å². The standard InChI is InChI=1S/C22H24F2N4O2/c1-14(2)30-21-12-18(3-4-20(21)15-5-7-29-8-6-15)26-22-25-13-28(27-22)19-10-16(23)9-17(24)11-19/h3-4,9-15H,5-8H2,1-2H3,(H,26,27). The van der Waals surface area contributed by atoms with Gasteiger partial charge in [-0.3, -0.25) is 0 Å². The van der Waals surface area contributed by atoms with Gasteiger partial charge in [0.15, 0.2) is 0 Å². The molecule has 0 spiro atoms. The quantitative estimate of drug-likeness (QED) is 0.617. The molecule has 1 saturated heterocycles. The minimum atomic E-state index is -0.672. The van der Waals surface area contributed by atoms with E-state index in [1.807, 2.05) is 26.0 Å². The first-order valence-electron chi connectivity index (χ1n) is 10.0. The summed E-state index contributed by atoms with van der Waals surface area (Å²) in [6, 6.07) is 9.16. The Balaban J connectivity index is 1.56. The highest BCUT2D eigenvalue weighted by Crippen LogP contribution is 2.36. The van der Waals surface area contributed by atoms with Crippen molar-refractivity contribution in [1.29, 1.82) is 0 Å². The molecule has 30 heavy (non-hydrogen) atoms. The summed E-state index contributed by atoms with van der Waals surface area (Å²) in [6.45, 7) is 5.51. The van der Waals surface area contributed by atoms with Gasteiger partial charge in [-0.05, 0) is 56.4 Å². The van der Waals surface area contributed by atoms with E-state index in [1.54, 1.807) is 0 Å². The van der Waals surface area contributed by atoms with E-state index < -0.39 is 11.6 Å². The Labute approximate surface area is 173 Å². The topological polar surface area (TPSA) is 61.2 Å². The molecule has 1 fully saturated rings. The van der Waals surface area contributed by atoms with Gasteiger partial charge in [0.1, 0.15) is 23.7 Å². The lowest BCUT2D eigenvalue weighted by molar-refractivity contribution is 0.0843. The second kappa shape index (κ2) is 8.79. The summed E-state index contributed by atoms with van der Waals surface area (Å²) >= 11 is 0. The fourth-order valence-corrected chi connectivity index (χ4v) is 3.56. The lowest BCUT2D eigenvalue weighted by Gasteiger charge is -2.25. The van der Waals surface area contributed by atoms with Crippen LogP contribution < -0.4 is 10.1 Å². The van der Waals surface area contributed by atoms with E-state index >= 15 is 0 Å². The molecule has 2 aromatic carbocycles. The molecule has 0 atom stereocenters. The molecular formula is C22H24F2N4O2. The number of halogens is 2. The van der Waals surface area contributed by atoms with Gasteiger partial charge in [-0.25, -0.2) is 13.5 Å². The molecule has 0 amide bonds. The number of hydrogen-bond acceptors (Lipinski definition) is 5. The third-order valence-corrected chi connectivity index (χ3v) is 4.90. The summed E-state index contributed by atoms with van der Waals surface area (Å²) in [5, 5.41) is 7.40. The second-order valence-corrected chi connectivity index (χ2v) is 7.57. The van der Waals surface area contributed by atoms with Gasteiger partial charge < -0.3 is 14.8 Å². The Morgan fingerprint density at radius 2 is 1.83 bits per heavy atom. The third kappa shape index (κ3) is 4.76. The maximum absolute atomic E-state index is 13.5. The second-order valence-electron chi connectivity index (χ2n) is 7.57. The van der Waals surface area contributed by atoms with Crippen LogP contribution in [-0.2, 0) is 4.74 Å². The van der Waals surface area contributed by atoms with Crippen LogP contribution >= 0.6 is 0 Å². The zero-order valence-electron chi connectivity index (χ0n) is 16.9. The van der Waals surface area contributed by atoms with E-state index in [0.717, 1.165) is 43.6 Å². The molecule has 0 bridgehead atoms. The Morgan fingerprint density at radius 1 is 1.10 bits per heavy atom. The van der Waals surface area contributed by atoms with Crippen molar-refractivity contribution in [3.63, 3.8) is 0 Å². The van der Waals surface area contributed by atoms with Crippen LogP contribution in [0, 0.1) is 11.6 Å². The van der Waals surface area contributed by atoms with E-state index in [2.05, 4.69) is 21.5 Å². The lowest BCUT2D eigenvalue weighted by atomic mass is 9.91. The summed E-state index contributed by atoms with van der Waals surface area (Å²) in [4.78, 5) is 4.19. The molecule has 0 saturated carbocycles. The van der Waals surface area contributed by atoms with Crippen molar-refractivity contribution in [3.8, 4) is 11.4 Å². The number of hydrogen-bond donors (Lipinski definition) is 1. The zero-order chi connectivity index (χ0) is 21.1. The molecule has 1 aliphatic heterocycles. The van der Waals surface area contributed by atoms with Gasteiger partial charge in [-0.2, -0.15) is 4.98 Å². The van der Waals surface area contributed by atoms with Gasteiger partial charge in [-0.15, -0.1) is 5.10 Å². The molecule has 158 valence electrons. The predicted octanol–water partition coefficient (Wildman–Crippen LogP) is 4.97. The first kappa shape index (κ1) is 20.3. The van der Waals surface area contributed by atoms with E-state index in [4.69, 9.17) is 9.47 Å². The van der Waals surface area contributed by atoms with Crippen LogP contribution in [-0.4, -0.2) is 34.1 Å². The molecule has 8 heteroatoms. The van der Waals surface area contributed by atoms with Crippen LogP contribution in [0.3, 0.4) is 0 Å². The summed E-state index contributed by atoms with van der Waals surface area (Å²) in [5.41, 5.74) is 2.20. The number of rotatable bonds is 6. The highest BCUT2D eigenvalue weighted by Gasteiger charge is 2.21. The van der Waals surface area contributed by atoms with Crippen LogP contribution in [0.2, 0.25) is 0 Å². The van der Waals surface area contributed by atoms with Gasteiger partial charge in [-0.1, -0.05) is 6.07 Å². The molecule has 2 heterocycles. The van der Waals surface area contributed by atoms with Crippen molar-refractivity contribution in [3.05, 3.63) is 59.9 Å². The van der Waals surface area contributed by atoms with Crippen molar-refractivity contribution in [2.45, 2.75) is 38.7 Å². The Bertz CT molecular complexity index is 996. The molecule has 6 nitrogen and oxygen atoms in total. The normalized spacial score (nSPS) is 14.8. The highest BCUT2D eigenvalue weighted by molar-refractivity contribution is 5.58. The van der Waals surface area contributed by atoms with Crippen molar-refractivity contribution in [1.82, 2.24) is 14.8 Å². The fourth-order valence-electron chi connectivity index (χ4n) is 3.56. The Hall–Kier alpha value is -3.00. The molecule has 0 aliphatic carbocycles. The van der Waals surface area contributed by atoms with Crippen molar-refractivity contribution in [2.24, 2.45) is 0 Å². The SMILES string of the molecule is CC(C)Oc1cc(Nc2ncn(-c3cc(F)cc(F)c3)n2)ccc1C1CCOCC1. The molecule has 4 rings (SSSR count). The average molecular weight is 414 g/mol. The third-order valence-electron chi connectivity index (χ3n) is 4.90. The fraction of sp³-hybridized carbons (Fsp3) is 0.364. The molecule has 0 unspecified atom stereocenters. The molecule has 1 aromatic heterocycles. The minimum Gasteiger partial charge on any atom is -0.491 e. The number of benzene rings is 2. The molecular weight excluding hydrogens is 390 g/mol. The van der Waals surface area contributed by atoms with Crippen LogP contribution in [0.15, 0.2) is 42.7 Å². The van der Waals surface area contributed by atoms with Crippen molar-refractivity contribution in [2.75, 3.05) is 18.5 Å². The smallest absolute Gasteiger partial charge is 0.246 e. The average Bonchev–Trinajstić information content (AvgIpc) is 3.16. The molecule has 3 aromatic rings. The Kier molecular flexibility index (Phi) is 5.94. The van der Waals surface area contributed by atoms with Crippen molar-refractivity contribution < 1.29 is 18.3 Å². The number of anilines is 2. The molecule has 0 radical (unpaired) electrons. The van der Waals surface area contributed by atoms with Crippen molar-refractivity contribution >= 4 is 11.6 Å². The molecule has 1 aliphatic rings. The number of nitrogens with one attached hydrogen (secondary N) is 1. The molecule has 1 N–H and O–H groups in total. The summed E-state index contributed by atoms with van der Waals surface area (Å²) < 4.78 is 39.8. The number of ether oxygens (including phenoxy) is 2. The summed E-state index contributed by atoms with van der Waals surface area (Å²) in [5.74, 6) is 0.202. The number of aromatic nitrogens is 3. The first-order chi connectivity index (χ1) is 14.5. The van der Waals surface area contributed by atoms with Crippen LogP contribution in [0.5, 0.6) is 5.75 Å². The van der Waals surface area contributed by atoms with Gasteiger partial charge in [0.25, 0.3) is 0 Å². The maximum Gasteiger partial charge on any atom is 0.246 e. The maximum atomic E-state index is 13.5. The van der Waals surface area contributed by atoms with E-state index in [1.165, 1.54) is 28.7 Å².